The number of methoxy groups -OCH3 is 1. The van der Waals surface area contributed by atoms with Crippen LogP contribution in [0.1, 0.15) is 12.5 Å². The van der Waals surface area contributed by atoms with Gasteiger partial charge in [-0.25, -0.2) is 4.39 Å². The molecule has 0 aliphatic rings. The van der Waals surface area contributed by atoms with E-state index in [-0.39, 0.29) is 6.61 Å². The van der Waals surface area contributed by atoms with Crippen LogP contribution in [0.25, 0.3) is 0 Å². The van der Waals surface area contributed by atoms with Crippen LogP contribution in [0.3, 0.4) is 0 Å². The molecular formula is C12H18FNO2. The fourth-order valence-corrected chi connectivity index (χ4v) is 1.36. The van der Waals surface area contributed by atoms with Crippen molar-refractivity contribution in [3.05, 3.63) is 23.8 Å². The van der Waals surface area contributed by atoms with Crippen molar-refractivity contribution in [3.63, 3.8) is 0 Å². The maximum Gasteiger partial charge on any atom is 0.161 e. The number of nitrogens with one attached hydrogen (secondary N) is 1. The maximum absolute atomic E-state index is 12.0. The first-order valence-electron chi connectivity index (χ1n) is 5.38. The summed E-state index contributed by atoms with van der Waals surface area (Å²) in [5, 5.41) is 3.22. The molecule has 0 unspecified atom stereocenters. The standard InChI is InChI=1S/C12H18FNO2/c1-3-14-9-10-4-5-11(16-7-6-13)12(8-10)15-2/h4-5,8,14H,3,6-7,9H2,1-2H3. The lowest BCUT2D eigenvalue weighted by Gasteiger charge is -2.11. The van der Waals surface area contributed by atoms with Crippen molar-refractivity contribution in [2.45, 2.75) is 13.5 Å². The van der Waals surface area contributed by atoms with E-state index in [2.05, 4.69) is 12.2 Å². The van der Waals surface area contributed by atoms with E-state index in [4.69, 9.17) is 9.47 Å². The molecule has 0 bridgehead atoms. The molecule has 0 radical (unpaired) electrons. The molecule has 0 aromatic heterocycles. The van der Waals surface area contributed by atoms with Crippen molar-refractivity contribution < 1.29 is 13.9 Å². The van der Waals surface area contributed by atoms with Crippen molar-refractivity contribution in [2.75, 3.05) is 26.9 Å². The van der Waals surface area contributed by atoms with Crippen LogP contribution >= 0.6 is 0 Å². The first-order valence-corrected chi connectivity index (χ1v) is 5.38. The first kappa shape index (κ1) is 12.8. The van der Waals surface area contributed by atoms with E-state index in [1.807, 2.05) is 12.1 Å². The second-order valence-corrected chi connectivity index (χ2v) is 3.30. The molecule has 0 amide bonds. The highest BCUT2D eigenvalue weighted by atomic mass is 19.1. The Balaban J connectivity index is 2.71. The lowest BCUT2D eigenvalue weighted by Crippen LogP contribution is -2.11. The van der Waals surface area contributed by atoms with Crippen molar-refractivity contribution in [3.8, 4) is 11.5 Å². The first-order chi connectivity index (χ1) is 7.81. The van der Waals surface area contributed by atoms with Crippen LogP contribution in [0.15, 0.2) is 18.2 Å². The molecule has 0 aliphatic carbocycles. The molecule has 1 aromatic carbocycles. The zero-order valence-electron chi connectivity index (χ0n) is 9.75. The third kappa shape index (κ3) is 3.70. The largest absolute Gasteiger partial charge is 0.493 e. The minimum Gasteiger partial charge on any atom is -0.493 e. The zero-order chi connectivity index (χ0) is 11.8. The number of halogens is 1. The smallest absolute Gasteiger partial charge is 0.161 e. The molecule has 0 saturated heterocycles. The summed E-state index contributed by atoms with van der Waals surface area (Å²) in [6.07, 6.45) is 0. The number of alkyl halides is 1. The van der Waals surface area contributed by atoms with Gasteiger partial charge in [-0.3, -0.25) is 0 Å². The van der Waals surface area contributed by atoms with E-state index in [9.17, 15) is 4.39 Å². The molecule has 0 spiro atoms. The van der Waals surface area contributed by atoms with E-state index >= 15 is 0 Å². The van der Waals surface area contributed by atoms with Gasteiger partial charge < -0.3 is 14.8 Å². The molecule has 1 N–H and O–H groups in total. The minimum atomic E-state index is -0.498. The Kier molecular flexibility index (Phi) is 5.64. The SMILES string of the molecule is CCNCc1ccc(OCCF)c(OC)c1. The molecule has 90 valence electrons. The van der Waals surface area contributed by atoms with E-state index in [1.165, 1.54) is 0 Å². The van der Waals surface area contributed by atoms with Gasteiger partial charge in [0.15, 0.2) is 11.5 Å². The second-order valence-electron chi connectivity index (χ2n) is 3.30. The predicted molar refractivity (Wildman–Crippen MR) is 61.8 cm³/mol. The predicted octanol–water partition coefficient (Wildman–Crippen LogP) is 2.15. The van der Waals surface area contributed by atoms with Crippen molar-refractivity contribution in [1.82, 2.24) is 5.32 Å². The zero-order valence-corrected chi connectivity index (χ0v) is 9.75. The van der Waals surface area contributed by atoms with E-state index in [0.29, 0.717) is 11.5 Å². The number of hydrogen-bond acceptors (Lipinski definition) is 3. The Labute approximate surface area is 95.6 Å². The van der Waals surface area contributed by atoms with Crippen LogP contribution < -0.4 is 14.8 Å². The number of rotatable bonds is 7. The van der Waals surface area contributed by atoms with Gasteiger partial charge >= 0.3 is 0 Å². The van der Waals surface area contributed by atoms with Crippen LogP contribution in [0.5, 0.6) is 11.5 Å². The van der Waals surface area contributed by atoms with Crippen LogP contribution in [-0.2, 0) is 6.54 Å². The Hall–Kier alpha value is -1.29. The Morgan fingerprint density at radius 2 is 2.12 bits per heavy atom. The molecule has 0 atom stereocenters. The van der Waals surface area contributed by atoms with Gasteiger partial charge in [0.05, 0.1) is 7.11 Å². The summed E-state index contributed by atoms with van der Waals surface area (Å²) in [6.45, 7) is 3.32. The molecule has 16 heavy (non-hydrogen) atoms. The topological polar surface area (TPSA) is 30.5 Å². The average Bonchev–Trinajstić information content (AvgIpc) is 2.34. The summed E-state index contributed by atoms with van der Waals surface area (Å²) < 4.78 is 22.4. The van der Waals surface area contributed by atoms with Crippen molar-refractivity contribution in [2.24, 2.45) is 0 Å². The highest BCUT2D eigenvalue weighted by Crippen LogP contribution is 2.27. The van der Waals surface area contributed by atoms with Crippen LogP contribution in [-0.4, -0.2) is 26.9 Å². The number of benzene rings is 1. The lowest BCUT2D eigenvalue weighted by atomic mass is 10.2. The molecule has 0 fully saturated rings. The quantitative estimate of drug-likeness (QED) is 0.774. The van der Waals surface area contributed by atoms with Gasteiger partial charge in [-0.15, -0.1) is 0 Å². The fourth-order valence-electron chi connectivity index (χ4n) is 1.36. The highest BCUT2D eigenvalue weighted by molar-refractivity contribution is 5.42. The van der Waals surface area contributed by atoms with Gasteiger partial charge in [0.2, 0.25) is 0 Å². The molecule has 1 aromatic rings. The Bertz CT molecular complexity index is 318. The summed E-state index contributed by atoms with van der Waals surface area (Å²) in [6, 6.07) is 5.65. The van der Waals surface area contributed by atoms with Gasteiger partial charge in [-0.2, -0.15) is 0 Å². The summed E-state index contributed by atoms with van der Waals surface area (Å²) in [4.78, 5) is 0. The normalized spacial score (nSPS) is 10.2. The third-order valence-electron chi connectivity index (χ3n) is 2.14. The summed E-state index contributed by atoms with van der Waals surface area (Å²) in [5.41, 5.74) is 1.12. The second kappa shape index (κ2) is 7.06. The monoisotopic (exact) mass is 227 g/mol. The van der Waals surface area contributed by atoms with Gasteiger partial charge in [0.1, 0.15) is 13.3 Å². The molecule has 0 aliphatic heterocycles. The Morgan fingerprint density at radius 1 is 1.31 bits per heavy atom. The van der Waals surface area contributed by atoms with Gasteiger partial charge in [0, 0.05) is 6.54 Å². The van der Waals surface area contributed by atoms with Gasteiger partial charge in [-0.05, 0) is 24.2 Å². The van der Waals surface area contributed by atoms with E-state index in [1.54, 1.807) is 13.2 Å². The summed E-state index contributed by atoms with van der Waals surface area (Å²) in [5.74, 6) is 1.23. The van der Waals surface area contributed by atoms with E-state index < -0.39 is 6.67 Å². The highest BCUT2D eigenvalue weighted by Gasteiger charge is 2.05. The van der Waals surface area contributed by atoms with Crippen LogP contribution in [0.4, 0.5) is 4.39 Å². The molecule has 3 nitrogen and oxygen atoms in total. The summed E-state index contributed by atoms with van der Waals surface area (Å²) in [7, 11) is 1.58. The van der Waals surface area contributed by atoms with Gasteiger partial charge in [0.25, 0.3) is 0 Å². The number of hydrogen-bond donors (Lipinski definition) is 1. The molecule has 1 rings (SSSR count). The van der Waals surface area contributed by atoms with Gasteiger partial charge in [-0.1, -0.05) is 13.0 Å². The van der Waals surface area contributed by atoms with E-state index in [0.717, 1.165) is 18.7 Å². The third-order valence-corrected chi connectivity index (χ3v) is 2.14. The molecular weight excluding hydrogens is 209 g/mol. The minimum absolute atomic E-state index is 0.0584. The number of ether oxygens (including phenoxy) is 2. The average molecular weight is 227 g/mol. The fraction of sp³-hybridized carbons (Fsp3) is 0.500. The molecule has 4 heteroatoms. The maximum atomic E-state index is 12.0. The van der Waals surface area contributed by atoms with Crippen LogP contribution in [0, 0.1) is 0 Å². The molecule has 0 heterocycles. The summed E-state index contributed by atoms with van der Waals surface area (Å²) >= 11 is 0. The Morgan fingerprint density at radius 3 is 2.75 bits per heavy atom. The van der Waals surface area contributed by atoms with Crippen molar-refractivity contribution >= 4 is 0 Å². The molecule has 0 saturated carbocycles. The van der Waals surface area contributed by atoms with Crippen molar-refractivity contribution in [1.29, 1.82) is 0 Å². The van der Waals surface area contributed by atoms with Crippen LogP contribution in [0.2, 0.25) is 0 Å². The lowest BCUT2D eigenvalue weighted by molar-refractivity contribution is 0.260.